The van der Waals surface area contributed by atoms with Crippen molar-refractivity contribution < 1.29 is 4.39 Å². The number of alkyl halides is 1. The van der Waals surface area contributed by atoms with Crippen LogP contribution in [0, 0.1) is 5.92 Å². The molecule has 11 heavy (non-hydrogen) atoms. The molecule has 2 atom stereocenters. The zero-order chi connectivity index (χ0) is 7.90. The van der Waals surface area contributed by atoms with Crippen LogP contribution >= 0.6 is 0 Å². The molecule has 2 fully saturated rings. The summed E-state index contributed by atoms with van der Waals surface area (Å²) in [6.45, 7) is 3.11. The topological polar surface area (TPSA) is 15.3 Å². The lowest BCUT2D eigenvalue weighted by Gasteiger charge is -2.31. The van der Waals surface area contributed by atoms with Crippen LogP contribution in [0.5, 0.6) is 0 Å². The Hall–Kier alpha value is -0.150. The van der Waals surface area contributed by atoms with Gasteiger partial charge in [-0.05, 0) is 20.0 Å². The van der Waals surface area contributed by atoms with Crippen molar-refractivity contribution in [2.45, 2.75) is 12.1 Å². The molecule has 0 aromatic heterocycles. The van der Waals surface area contributed by atoms with Crippen LogP contribution < -0.4 is 5.32 Å². The lowest BCUT2D eigenvalue weighted by molar-refractivity contribution is 0.0938. The number of fused-ring (bicyclic) bond motifs is 1. The van der Waals surface area contributed by atoms with E-state index in [2.05, 4.69) is 10.2 Å². The highest BCUT2D eigenvalue weighted by Crippen LogP contribution is 2.34. The summed E-state index contributed by atoms with van der Waals surface area (Å²) in [5.74, 6) is 0.286. The second-order valence-electron chi connectivity index (χ2n) is 3.89. The first-order valence-electron chi connectivity index (χ1n) is 4.29. The Morgan fingerprint density at radius 1 is 1.64 bits per heavy atom. The van der Waals surface area contributed by atoms with Gasteiger partial charge in [-0.25, -0.2) is 4.39 Å². The standard InChI is InChI=1S/C8H15FN2/c1-11-4-7-2-3-10-5-8(7,9)6-11/h7,10H,2-6H2,1H3/t7-,8+/m1/s1. The molecule has 2 nitrogen and oxygen atoms in total. The van der Waals surface area contributed by atoms with Crippen LogP contribution in [-0.4, -0.2) is 43.8 Å². The SMILES string of the molecule is CN1C[C@H]2CCNC[C@]2(F)C1. The lowest BCUT2D eigenvalue weighted by Crippen LogP contribution is -2.48. The molecule has 2 heterocycles. The molecule has 0 bridgehead atoms. The first-order chi connectivity index (χ1) is 5.21. The highest BCUT2D eigenvalue weighted by Gasteiger charge is 2.47. The van der Waals surface area contributed by atoms with Crippen molar-refractivity contribution in [2.24, 2.45) is 5.92 Å². The zero-order valence-electron chi connectivity index (χ0n) is 6.94. The number of nitrogens with one attached hydrogen (secondary N) is 1. The van der Waals surface area contributed by atoms with Crippen molar-refractivity contribution in [1.82, 2.24) is 10.2 Å². The lowest BCUT2D eigenvalue weighted by atomic mass is 9.87. The Balaban J connectivity index is 2.11. The number of piperidine rings is 1. The summed E-state index contributed by atoms with van der Waals surface area (Å²) >= 11 is 0. The van der Waals surface area contributed by atoms with Crippen LogP contribution in [-0.2, 0) is 0 Å². The van der Waals surface area contributed by atoms with E-state index in [1.807, 2.05) is 7.05 Å². The minimum Gasteiger partial charge on any atom is -0.313 e. The molecule has 0 saturated carbocycles. The normalized spacial score (nSPS) is 45.8. The van der Waals surface area contributed by atoms with Gasteiger partial charge in [0, 0.05) is 25.6 Å². The van der Waals surface area contributed by atoms with Crippen LogP contribution in [0.1, 0.15) is 6.42 Å². The van der Waals surface area contributed by atoms with Gasteiger partial charge in [0.05, 0.1) is 0 Å². The van der Waals surface area contributed by atoms with E-state index in [1.54, 1.807) is 0 Å². The largest absolute Gasteiger partial charge is 0.313 e. The summed E-state index contributed by atoms with van der Waals surface area (Å²) in [6, 6.07) is 0. The Morgan fingerprint density at radius 2 is 2.45 bits per heavy atom. The van der Waals surface area contributed by atoms with Gasteiger partial charge in [0.1, 0.15) is 5.67 Å². The molecule has 0 aliphatic carbocycles. The van der Waals surface area contributed by atoms with E-state index in [0.29, 0.717) is 13.1 Å². The van der Waals surface area contributed by atoms with Gasteiger partial charge in [-0.2, -0.15) is 0 Å². The summed E-state index contributed by atoms with van der Waals surface area (Å²) < 4.78 is 13.9. The Kier molecular flexibility index (Phi) is 1.65. The van der Waals surface area contributed by atoms with Crippen LogP contribution in [0.2, 0.25) is 0 Å². The van der Waals surface area contributed by atoms with Gasteiger partial charge in [0.25, 0.3) is 0 Å². The van der Waals surface area contributed by atoms with Crippen LogP contribution in [0.3, 0.4) is 0 Å². The van der Waals surface area contributed by atoms with Gasteiger partial charge < -0.3 is 10.2 Å². The molecule has 2 rings (SSSR count). The second-order valence-corrected chi connectivity index (χ2v) is 3.89. The Bertz CT molecular complexity index is 162. The summed E-state index contributed by atoms with van der Waals surface area (Å²) in [5, 5.41) is 3.12. The molecule has 0 amide bonds. The number of halogens is 1. The van der Waals surface area contributed by atoms with Crippen LogP contribution in [0.25, 0.3) is 0 Å². The van der Waals surface area contributed by atoms with E-state index >= 15 is 0 Å². The van der Waals surface area contributed by atoms with Crippen molar-refractivity contribution in [3.05, 3.63) is 0 Å². The van der Waals surface area contributed by atoms with Crippen molar-refractivity contribution in [3.63, 3.8) is 0 Å². The van der Waals surface area contributed by atoms with Gasteiger partial charge in [-0.15, -0.1) is 0 Å². The highest BCUT2D eigenvalue weighted by atomic mass is 19.1. The van der Waals surface area contributed by atoms with E-state index < -0.39 is 5.67 Å². The summed E-state index contributed by atoms with van der Waals surface area (Å²) in [7, 11) is 2.00. The predicted octanol–water partition coefficient (Wildman–Crippen LogP) is 0.250. The monoisotopic (exact) mass is 158 g/mol. The Morgan fingerprint density at radius 3 is 3.18 bits per heavy atom. The third-order valence-electron chi connectivity index (χ3n) is 2.88. The predicted molar refractivity (Wildman–Crippen MR) is 42.3 cm³/mol. The molecular formula is C8H15FN2. The second kappa shape index (κ2) is 2.42. The third-order valence-corrected chi connectivity index (χ3v) is 2.88. The molecule has 0 aromatic carbocycles. The van der Waals surface area contributed by atoms with Gasteiger partial charge in [0.2, 0.25) is 0 Å². The molecule has 1 N–H and O–H groups in total. The van der Waals surface area contributed by atoms with E-state index in [1.165, 1.54) is 0 Å². The van der Waals surface area contributed by atoms with Crippen molar-refractivity contribution in [2.75, 3.05) is 33.2 Å². The minimum atomic E-state index is -0.924. The average molecular weight is 158 g/mol. The van der Waals surface area contributed by atoms with Gasteiger partial charge >= 0.3 is 0 Å². The zero-order valence-corrected chi connectivity index (χ0v) is 6.94. The molecule has 0 radical (unpaired) electrons. The van der Waals surface area contributed by atoms with Crippen molar-refractivity contribution in [1.29, 1.82) is 0 Å². The Labute approximate surface area is 66.8 Å². The van der Waals surface area contributed by atoms with Gasteiger partial charge in [-0.3, -0.25) is 0 Å². The smallest absolute Gasteiger partial charge is 0.140 e. The highest BCUT2D eigenvalue weighted by molar-refractivity contribution is 5.00. The summed E-state index contributed by atoms with van der Waals surface area (Å²) in [4.78, 5) is 2.09. The van der Waals surface area contributed by atoms with E-state index in [0.717, 1.165) is 19.5 Å². The number of rotatable bonds is 0. The number of nitrogens with zero attached hydrogens (tertiary/aromatic N) is 1. The number of likely N-dealkylation sites (tertiary alicyclic amines) is 1. The van der Waals surface area contributed by atoms with Gasteiger partial charge in [0.15, 0.2) is 0 Å². The van der Waals surface area contributed by atoms with E-state index in [9.17, 15) is 4.39 Å². The molecule has 2 saturated heterocycles. The summed E-state index contributed by atoms with van der Waals surface area (Å²) in [5.41, 5.74) is -0.924. The third kappa shape index (κ3) is 1.16. The molecule has 2 aliphatic rings. The fraction of sp³-hybridized carbons (Fsp3) is 1.00. The molecule has 2 aliphatic heterocycles. The van der Waals surface area contributed by atoms with Crippen LogP contribution in [0.4, 0.5) is 4.39 Å². The quantitative estimate of drug-likeness (QED) is 0.543. The summed E-state index contributed by atoms with van der Waals surface area (Å²) in [6.07, 6.45) is 1.00. The van der Waals surface area contributed by atoms with E-state index in [-0.39, 0.29) is 5.92 Å². The maximum atomic E-state index is 13.9. The van der Waals surface area contributed by atoms with Crippen LogP contribution in [0.15, 0.2) is 0 Å². The molecule has 64 valence electrons. The fourth-order valence-corrected chi connectivity index (χ4v) is 2.30. The van der Waals surface area contributed by atoms with Crippen molar-refractivity contribution >= 4 is 0 Å². The van der Waals surface area contributed by atoms with Crippen molar-refractivity contribution in [3.8, 4) is 0 Å². The first-order valence-corrected chi connectivity index (χ1v) is 4.29. The number of hydrogen-bond acceptors (Lipinski definition) is 2. The molecule has 0 unspecified atom stereocenters. The molecule has 3 heteroatoms. The minimum absolute atomic E-state index is 0.286. The van der Waals surface area contributed by atoms with Gasteiger partial charge in [-0.1, -0.05) is 0 Å². The van der Waals surface area contributed by atoms with E-state index in [4.69, 9.17) is 0 Å². The molecule has 0 aromatic rings. The molecule has 0 spiro atoms. The fourth-order valence-electron chi connectivity index (χ4n) is 2.30. The molecular weight excluding hydrogens is 143 g/mol. The number of hydrogen-bond donors (Lipinski definition) is 1. The maximum Gasteiger partial charge on any atom is 0.140 e. The maximum absolute atomic E-state index is 13.9. The first kappa shape index (κ1) is 7.50. The average Bonchev–Trinajstić information content (AvgIpc) is 2.22.